The predicted octanol–water partition coefficient (Wildman–Crippen LogP) is 3.26. The van der Waals surface area contributed by atoms with Gasteiger partial charge in [0.2, 0.25) is 5.91 Å². The number of amides is 1. The van der Waals surface area contributed by atoms with E-state index in [0.717, 1.165) is 34.0 Å². The van der Waals surface area contributed by atoms with E-state index in [-0.39, 0.29) is 17.7 Å². The van der Waals surface area contributed by atoms with Crippen molar-refractivity contribution in [2.75, 3.05) is 16.8 Å². The minimum atomic E-state index is -0.106. The number of nitriles is 1. The highest BCUT2D eigenvalue weighted by atomic mass is 16.2. The number of benzene rings is 1. The minimum Gasteiger partial charge on any atom is -0.398 e. The van der Waals surface area contributed by atoms with Crippen molar-refractivity contribution < 1.29 is 4.79 Å². The van der Waals surface area contributed by atoms with Crippen LogP contribution >= 0.6 is 0 Å². The number of nitrogens with zero attached hydrogens (tertiary/aromatic N) is 3. The quantitative estimate of drug-likeness (QED) is 0.603. The third-order valence-corrected chi connectivity index (χ3v) is 5.26. The van der Waals surface area contributed by atoms with Crippen LogP contribution in [-0.4, -0.2) is 15.9 Å². The van der Waals surface area contributed by atoms with Gasteiger partial charge in [0.15, 0.2) is 0 Å². The summed E-state index contributed by atoms with van der Waals surface area (Å²) in [5, 5.41) is 13.1. The molecule has 0 aliphatic heterocycles. The van der Waals surface area contributed by atoms with Crippen molar-refractivity contribution >= 4 is 34.0 Å². The lowest BCUT2D eigenvalue weighted by Crippen LogP contribution is -2.15. The molecule has 1 aromatic carbocycles. The van der Waals surface area contributed by atoms with Crippen molar-refractivity contribution in [3.8, 4) is 17.3 Å². The van der Waals surface area contributed by atoms with E-state index >= 15 is 0 Å². The van der Waals surface area contributed by atoms with Gasteiger partial charge in [-0.3, -0.25) is 4.79 Å². The second kappa shape index (κ2) is 6.82. The number of nitrogen functional groups attached to an aromatic ring is 2. The highest BCUT2D eigenvalue weighted by Crippen LogP contribution is 2.41. The molecule has 2 heterocycles. The summed E-state index contributed by atoms with van der Waals surface area (Å²) in [6.45, 7) is 1.94. The van der Waals surface area contributed by atoms with Crippen molar-refractivity contribution in [3.63, 3.8) is 0 Å². The third-order valence-electron chi connectivity index (χ3n) is 5.26. The molecule has 1 amide bonds. The van der Waals surface area contributed by atoms with Crippen LogP contribution in [0.4, 0.5) is 17.3 Å². The fourth-order valence-corrected chi connectivity index (χ4v) is 3.44. The molecule has 0 spiro atoms. The molecule has 7 heteroatoms. The van der Waals surface area contributed by atoms with Crippen molar-refractivity contribution in [2.24, 2.45) is 11.8 Å². The first-order valence-corrected chi connectivity index (χ1v) is 9.07. The van der Waals surface area contributed by atoms with E-state index in [1.807, 2.05) is 31.2 Å². The smallest absolute Gasteiger partial charge is 0.228 e. The second-order valence-electron chi connectivity index (χ2n) is 7.16. The van der Waals surface area contributed by atoms with Gasteiger partial charge in [-0.25, -0.2) is 9.97 Å². The van der Waals surface area contributed by atoms with E-state index in [0.29, 0.717) is 23.7 Å². The van der Waals surface area contributed by atoms with E-state index in [9.17, 15) is 4.79 Å². The molecule has 3 aromatic rings. The topological polar surface area (TPSA) is 131 Å². The summed E-state index contributed by atoms with van der Waals surface area (Å²) in [6, 6.07) is 11.5. The largest absolute Gasteiger partial charge is 0.398 e. The molecule has 5 N–H and O–H groups in total. The Kier molecular flexibility index (Phi) is 4.32. The molecule has 2 atom stereocenters. The molecule has 2 aromatic heterocycles. The van der Waals surface area contributed by atoms with Crippen LogP contribution in [0.2, 0.25) is 0 Å². The monoisotopic (exact) mass is 372 g/mol. The van der Waals surface area contributed by atoms with Crippen molar-refractivity contribution in [2.45, 2.75) is 19.8 Å². The molecule has 1 aliphatic rings. The van der Waals surface area contributed by atoms with Crippen molar-refractivity contribution in [3.05, 3.63) is 42.1 Å². The van der Waals surface area contributed by atoms with E-state index in [2.05, 4.69) is 21.4 Å². The lowest BCUT2D eigenvalue weighted by atomic mass is 10.0. The molecule has 140 valence electrons. The number of fused-ring (bicyclic) bond motifs is 1. The van der Waals surface area contributed by atoms with Gasteiger partial charge in [0.25, 0.3) is 0 Å². The Labute approximate surface area is 162 Å². The van der Waals surface area contributed by atoms with Gasteiger partial charge in [-0.15, -0.1) is 0 Å². The summed E-state index contributed by atoms with van der Waals surface area (Å²) in [5.74, 6) is 0.784. The Bertz CT molecular complexity index is 1130. The van der Waals surface area contributed by atoms with Crippen molar-refractivity contribution in [1.82, 2.24) is 9.97 Å². The fourth-order valence-electron chi connectivity index (χ4n) is 3.44. The molecule has 4 rings (SSSR count). The Morgan fingerprint density at radius 1 is 1.36 bits per heavy atom. The maximum absolute atomic E-state index is 12.3. The lowest BCUT2D eigenvalue weighted by molar-refractivity contribution is -0.117. The van der Waals surface area contributed by atoms with E-state index in [1.54, 1.807) is 12.3 Å². The van der Waals surface area contributed by atoms with Crippen LogP contribution in [0.1, 0.15) is 18.4 Å². The number of carbonyl (C=O) groups excluding carboxylic acids is 1. The Morgan fingerprint density at radius 3 is 2.96 bits per heavy atom. The van der Waals surface area contributed by atoms with Gasteiger partial charge < -0.3 is 16.8 Å². The first kappa shape index (κ1) is 17.7. The molecule has 1 aliphatic carbocycles. The summed E-state index contributed by atoms with van der Waals surface area (Å²) >= 11 is 0. The number of carbonyl (C=O) groups is 1. The number of anilines is 3. The summed E-state index contributed by atoms with van der Waals surface area (Å²) in [5.41, 5.74) is 15.4. The zero-order valence-electron chi connectivity index (χ0n) is 15.4. The normalized spacial score (nSPS) is 17.9. The highest BCUT2D eigenvalue weighted by Gasteiger charge is 2.42. The fraction of sp³-hybridized carbons (Fsp3) is 0.238. The first-order chi connectivity index (χ1) is 13.5. The van der Waals surface area contributed by atoms with Crippen LogP contribution in [0.3, 0.4) is 0 Å². The second-order valence-corrected chi connectivity index (χ2v) is 7.16. The van der Waals surface area contributed by atoms with Gasteiger partial charge in [0, 0.05) is 35.2 Å². The Balaban J connectivity index is 1.66. The number of aromatic nitrogens is 2. The van der Waals surface area contributed by atoms with Gasteiger partial charge in [0.05, 0.1) is 11.8 Å². The standard InChI is InChI=1S/C21H20N6O/c1-11-14(3-2-4-17(11)23)18-8-13-9-19(25-10-16(13)20(24)26-18)27-21(28)15-7-12(15)5-6-22/h2-4,8-10,12,15H,5,7,23H2,1H3,(H2,24,26)(H,25,27,28)/t12-,15-/m0/s1. The lowest BCUT2D eigenvalue weighted by Gasteiger charge is -2.11. The van der Waals surface area contributed by atoms with E-state index in [1.165, 1.54) is 0 Å². The zero-order chi connectivity index (χ0) is 19.8. The number of hydrogen-bond donors (Lipinski definition) is 3. The van der Waals surface area contributed by atoms with Gasteiger partial charge >= 0.3 is 0 Å². The number of nitrogens with one attached hydrogen (secondary N) is 1. The Hall–Kier alpha value is -3.66. The first-order valence-electron chi connectivity index (χ1n) is 9.07. The molecule has 1 fully saturated rings. The number of rotatable bonds is 4. The van der Waals surface area contributed by atoms with E-state index < -0.39 is 0 Å². The van der Waals surface area contributed by atoms with Crippen LogP contribution in [0.25, 0.3) is 22.0 Å². The molecule has 0 bridgehead atoms. The molecule has 7 nitrogen and oxygen atoms in total. The maximum atomic E-state index is 12.3. The Morgan fingerprint density at radius 2 is 2.18 bits per heavy atom. The van der Waals surface area contributed by atoms with Gasteiger partial charge in [-0.2, -0.15) is 5.26 Å². The average Bonchev–Trinajstić information content (AvgIpc) is 3.43. The third kappa shape index (κ3) is 3.21. The van der Waals surface area contributed by atoms with Gasteiger partial charge in [-0.1, -0.05) is 12.1 Å². The number of pyridine rings is 2. The van der Waals surface area contributed by atoms with Crippen LogP contribution in [0.5, 0.6) is 0 Å². The van der Waals surface area contributed by atoms with Crippen LogP contribution in [0, 0.1) is 30.1 Å². The highest BCUT2D eigenvalue weighted by molar-refractivity contribution is 5.98. The zero-order valence-corrected chi connectivity index (χ0v) is 15.4. The molecular formula is C21H20N6O. The molecule has 0 unspecified atom stereocenters. The predicted molar refractivity (Wildman–Crippen MR) is 109 cm³/mol. The summed E-state index contributed by atoms with van der Waals surface area (Å²) < 4.78 is 0. The number of hydrogen-bond acceptors (Lipinski definition) is 6. The summed E-state index contributed by atoms with van der Waals surface area (Å²) in [4.78, 5) is 21.1. The minimum absolute atomic E-state index is 0.0963. The summed E-state index contributed by atoms with van der Waals surface area (Å²) in [6.07, 6.45) is 2.78. The SMILES string of the molecule is Cc1c(N)cccc1-c1cc2cc(NC(=O)[C@H]3C[C@@H]3CC#N)ncc2c(N)n1. The summed E-state index contributed by atoms with van der Waals surface area (Å²) in [7, 11) is 0. The number of nitrogens with two attached hydrogens (primary N) is 2. The van der Waals surface area contributed by atoms with Crippen LogP contribution < -0.4 is 16.8 Å². The molecular weight excluding hydrogens is 352 g/mol. The maximum Gasteiger partial charge on any atom is 0.228 e. The van der Waals surface area contributed by atoms with Gasteiger partial charge in [0.1, 0.15) is 11.6 Å². The van der Waals surface area contributed by atoms with Crippen LogP contribution in [-0.2, 0) is 4.79 Å². The van der Waals surface area contributed by atoms with Gasteiger partial charge in [-0.05, 0) is 48.4 Å². The molecule has 0 radical (unpaired) electrons. The molecule has 1 saturated carbocycles. The van der Waals surface area contributed by atoms with Crippen molar-refractivity contribution in [1.29, 1.82) is 5.26 Å². The average molecular weight is 372 g/mol. The van der Waals surface area contributed by atoms with E-state index in [4.69, 9.17) is 16.7 Å². The molecule has 0 saturated heterocycles. The van der Waals surface area contributed by atoms with Crippen LogP contribution in [0.15, 0.2) is 36.5 Å². The molecule has 28 heavy (non-hydrogen) atoms.